The summed E-state index contributed by atoms with van der Waals surface area (Å²) in [6, 6.07) is 6.69. The van der Waals surface area contributed by atoms with Crippen molar-refractivity contribution in [2.24, 2.45) is 0 Å². The monoisotopic (exact) mass is 377 g/mol. The van der Waals surface area contributed by atoms with Crippen molar-refractivity contribution >= 4 is 32.7 Å². The number of fused-ring (bicyclic) bond motifs is 1. The molecule has 3 rings (SSSR count). The number of carbonyl (C=O) groups is 1. The molecule has 0 saturated carbocycles. The van der Waals surface area contributed by atoms with Crippen LogP contribution in [0.25, 0.3) is 10.9 Å². The van der Waals surface area contributed by atoms with Crippen molar-refractivity contribution in [1.82, 2.24) is 14.4 Å². The normalized spacial score (nSPS) is 16.5. The third-order valence-electron chi connectivity index (χ3n) is 4.75. The average Bonchev–Trinajstić information content (AvgIpc) is 2.92. The summed E-state index contributed by atoms with van der Waals surface area (Å²) in [5, 5.41) is 1.05. The van der Waals surface area contributed by atoms with Crippen LogP contribution in [-0.2, 0) is 6.54 Å². The average molecular weight is 378 g/mol. The number of hydrogen-bond acceptors (Lipinski definition) is 2. The highest BCUT2D eigenvalue weighted by Crippen LogP contribution is 2.26. The van der Waals surface area contributed by atoms with Crippen molar-refractivity contribution in [2.45, 2.75) is 33.4 Å². The molecule has 2 aromatic rings. The minimum atomic E-state index is 0.160. The van der Waals surface area contributed by atoms with Crippen LogP contribution in [0.4, 0.5) is 0 Å². The predicted octanol–water partition coefficient (Wildman–Crippen LogP) is 3.59. The lowest BCUT2D eigenvalue weighted by atomic mass is 10.1. The molecule has 1 aromatic carbocycles. The molecule has 0 atom stereocenters. The highest BCUT2D eigenvalue weighted by Gasteiger charge is 2.25. The Balaban J connectivity index is 1.87. The van der Waals surface area contributed by atoms with E-state index in [1.165, 1.54) is 0 Å². The van der Waals surface area contributed by atoms with Crippen LogP contribution in [0.15, 0.2) is 28.9 Å². The van der Waals surface area contributed by atoms with Crippen molar-refractivity contribution < 1.29 is 4.79 Å². The van der Waals surface area contributed by atoms with Crippen molar-refractivity contribution in [3.05, 3.63) is 34.4 Å². The number of aromatic nitrogens is 1. The molecule has 5 heteroatoms. The molecule has 0 radical (unpaired) electrons. The van der Waals surface area contributed by atoms with Gasteiger partial charge in [0.15, 0.2) is 0 Å². The van der Waals surface area contributed by atoms with Gasteiger partial charge in [-0.1, -0.05) is 22.0 Å². The zero-order valence-electron chi connectivity index (χ0n) is 14.1. The Morgan fingerprint density at radius 3 is 2.52 bits per heavy atom. The summed E-state index contributed by atoms with van der Waals surface area (Å²) in [5.74, 6) is 0.160. The summed E-state index contributed by atoms with van der Waals surface area (Å²) in [5.41, 5.74) is 1.94. The molecule has 1 aromatic heterocycles. The van der Waals surface area contributed by atoms with Gasteiger partial charge in [-0.2, -0.15) is 0 Å². The highest BCUT2D eigenvalue weighted by molar-refractivity contribution is 9.10. The van der Waals surface area contributed by atoms with Crippen molar-refractivity contribution in [3.8, 4) is 0 Å². The fourth-order valence-corrected chi connectivity index (χ4v) is 3.66. The Morgan fingerprint density at radius 1 is 1.22 bits per heavy atom. The Bertz CT molecular complexity index is 714. The van der Waals surface area contributed by atoms with Crippen molar-refractivity contribution in [2.75, 3.05) is 26.2 Å². The van der Waals surface area contributed by atoms with E-state index in [2.05, 4.69) is 52.2 Å². The van der Waals surface area contributed by atoms with E-state index >= 15 is 0 Å². The van der Waals surface area contributed by atoms with E-state index in [9.17, 15) is 4.79 Å². The lowest BCUT2D eigenvalue weighted by Gasteiger charge is -2.36. The number of hydrogen-bond donors (Lipinski definition) is 0. The first kappa shape index (κ1) is 16.5. The standard InChI is InChI=1S/C18H24BrN3O/c1-4-20-12-16(15-6-5-14(19)11-17(15)20)18(23)22-9-7-21(8-10-22)13(2)3/h5-6,11-13H,4,7-10H2,1-3H3. The number of piperazine rings is 1. The van der Waals surface area contributed by atoms with E-state index in [0.717, 1.165) is 53.7 Å². The quantitative estimate of drug-likeness (QED) is 0.817. The minimum Gasteiger partial charge on any atom is -0.347 e. The van der Waals surface area contributed by atoms with Gasteiger partial charge in [-0.25, -0.2) is 0 Å². The number of carbonyl (C=O) groups excluding carboxylic acids is 1. The first-order valence-corrected chi connectivity index (χ1v) is 9.12. The Hall–Kier alpha value is -1.33. The molecule has 1 saturated heterocycles. The predicted molar refractivity (Wildman–Crippen MR) is 97.9 cm³/mol. The summed E-state index contributed by atoms with van der Waals surface area (Å²) in [4.78, 5) is 17.4. The molecule has 4 nitrogen and oxygen atoms in total. The van der Waals surface area contributed by atoms with Gasteiger partial charge in [0.1, 0.15) is 0 Å². The number of amides is 1. The van der Waals surface area contributed by atoms with E-state index in [4.69, 9.17) is 0 Å². The molecule has 0 unspecified atom stereocenters. The third kappa shape index (κ3) is 3.17. The van der Waals surface area contributed by atoms with Crippen LogP contribution in [-0.4, -0.2) is 52.5 Å². The fourth-order valence-electron chi connectivity index (χ4n) is 3.31. The Morgan fingerprint density at radius 2 is 1.91 bits per heavy atom. The maximum absolute atomic E-state index is 13.0. The summed E-state index contributed by atoms with van der Waals surface area (Å²) in [7, 11) is 0. The lowest BCUT2D eigenvalue weighted by molar-refractivity contribution is 0.0597. The fraction of sp³-hybridized carbons (Fsp3) is 0.500. The Kier molecular flexibility index (Phi) is 4.78. The SMILES string of the molecule is CCn1cc(C(=O)N2CCN(C(C)C)CC2)c2ccc(Br)cc21. The minimum absolute atomic E-state index is 0.160. The maximum atomic E-state index is 13.0. The van der Waals surface area contributed by atoms with Gasteiger partial charge in [0.05, 0.1) is 5.56 Å². The van der Waals surface area contributed by atoms with E-state index < -0.39 is 0 Å². The zero-order valence-corrected chi connectivity index (χ0v) is 15.6. The number of benzene rings is 1. The van der Waals surface area contributed by atoms with Crippen LogP contribution in [0.1, 0.15) is 31.1 Å². The van der Waals surface area contributed by atoms with Gasteiger partial charge in [0.2, 0.25) is 0 Å². The first-order valence-electron chi connectivity index (χ1n) is 8.33. The van der Waals surface area contributed by atoms with Crippen LogP contribution in [0.3, 0.4) is 0 Å². The molecule has 1 amide bonds. The summed E-state index contributed by atoms with van der Waals surface area (Å²) < 4.78 is 3.19. The highest BCUT2D eigenvalue weighted by atomic mass is 79.9. The third-order valence-corrected chi connectivity index (χ3v) is 5.24. The van der Waals surface area contributed by atoms with Crippen LogP contribution in [0.5, 0.6) is 0 Å². The number of halogens is 1. The lowest BCUT2D eigenvalue weighted by Crippen LogP contribution is -2.50. The van der Waals surface area contributed by atoms with Crippen molar-refractivity contribution in [3.63, 3.8) is 0 Å². The molecule has 1 aliphatic rings. The second-order valence-corrected chi connectivity index (χ2v) is 7.33. The van der Waals surface area contributed by atoms with Crippen LogP contribution >= 0.6 is 15.9 Å². The number of nitrogens with zero attached hydrogens (tertiary/aromatic N) is 3. The molecular formula is C18H24BrN3O. The van der Waals surface area contributed by atoms with E-state index in [1.807, 2.05) is 23.2 Å². The zero-order chi connectivity index (χ0) is 16.6. The first-order chi connectivity index (χ1) is 11.0. The molecule has 23 heavy (non-hydrogen) atoms. The smallest absolute Gasteiger partial charge is 0.256 e. The van der Waals surface area contributed by atoms with Gasteiger partial charge >= 0.3 is 0 Å². The van der Waals surface area contributed by atoms with Gasteiger partial charge in [0, 0.05) is 60.3 Å². The van der Waals surface area contributed by atoms with Gasteiger partial charge in [-0.15, -0.1) is 0 Å². The molecule has 0 N–H and O–H groups in total. The molecule has 0 bridgehead atoms. The summed E-state index contributed by atoms with van der Waals surface area (Å²) in [6.07, 6.45) is 2.01. The molecular weight excluding hydrogens is 354 g/mol. The van der Waals surface area contributed by atoms with E-state index in [0.29, 0.717) is 6.04 Å². The molecule has 0 aliphatic carbocycles. The Labute approximate surface area is 146 Å². The molecule has 1 aliphatic heterocycles. The van der Waals surface area contributed by atoms with Crippen LogP contribution in [0.2, 0.25) is 0 Å². The second-order valence-electron chi connectivity index (χ2n) is 6.41. The molecule has 0 spiro atoms. The van der Waals surface area contributed by atoms with E-state index in [-0.39, 0.29) is 5.91 Å². The summed E-state index contributed by atoms with van der Waals surface area (Å²) >= 11 is 3.52. The van der Waals surface area contributed by atoms with E-state index in [1.54, 1.807) is 0 Å². The van der Waals surface area contributed by atoms with Crippen LogP contribution < -0.4 is 0 Å². The molecule has 1 fully saturated rings. The van der Waals surface area contributed by atoms with Crippen molar-refractivity contribution in [1.29, 1.82) is 0 Å². The number of rotatable bonds is 3. The van der Waals surface area contributed by atoms with Gasteiger partial charge in [0.25, 0.3) is 5.91 Å². The van der Waals surface area contributed by atoms with Gasteiger partial charge < -0.3 is 9.47 Å². The molecule has 124 valence electrons. The van der Waals surface area contributed by atoms with Gasteiger partial charge in [-0.3, -0.25) is 9.69 Å². The van der Waals surface area contributed by atoms with Crippen LogP contribution in [0, 0.1) is 0 Å². The molecule has 2 heterocycles. The maximum Gasteiger partial charge on any atom is 0.256 e. The van der Waals surface area contributed by atoms with Gasteiger partial charge in [-0.05, 0) is 32.9 Å². The largest absolute Gasteiger partial charge is 0.347 e. The topological polar surface area (TPSA) is 28.5 Å². The summed E-state index contributed by atoms with van der Waals surface area (Å²) in [6.45, 7) is 10.9. The number of aryl methyl sites for hydroxylation is 1. The second kappa shape index (κ2) is 6.65.